The van der Waals surface area contributed by atoms with Crippen LogP contribution in [0.1, 0.15) is 63.5 Å². The van der Waals surface area contributed by atoms with Crippen molar-refractivity contribution in [3.63, 3.8) is 0 Å². The normalized spacial score (nSPS) is 16.8. The molecule has 1 aliphatic rings. The molecular formula is C28H34N4O4. The second-order valence-electron chi connectivity index (χ2n) is 9.70. The Morgan fingerprint density at radius 3 is 2.47 bits per heavy atom. The van der Waals surface area contributed by atoms with Gasteiger partial charge in [0.2, 0.25) is 11.8 Å². The highest BCUT2D eigenvalue weighted by Gasteiger charge is 2.36. The van der Waals surface area contributed by atoms with Gasteiger partial charge in [-0.2, -0.15) is 5.26 Å². The van der Waals surface area contributed by atoms with Crippen LogP contribution in [0.25, 0.3) is 0 Å². The molecule has 1 fully saturated rings. The van der Waals surface area contributed by atoms with E-state index in [1.165, 1.54) is 12.1 Å². The average Bonchev–Trinajstić information content (AvgIpc) is 3.38. The minimum absolute atomic E-state index is 0.00168. The molecule has 2 amide bonds. The molecule has 0 aliphatic carbocycles. The zero-order chi connectivity index (χ0) is 26.1. The predicted octanol–water partition coefficient (Wildman–Crippen LogP) is 4.88. The van der Waals surface area contributed by atoms with Crippen LogP contribution in [0.4, 0.5) is 5.69 Å². The van der Waals surface area contributed by atoms with Gasteiger partial charge in [0.15, 0.2) is 0 Å². The molecule has 1 saturated heterocycles. The Balaban J connectivity index is 1.50. The molecule has 0 spiro atoms. The lowest BCUT2D eigenvalue weighted by Crippen LogP contribution is -2.45. The van der Waals surface area contributed by atoms with Crippen molar-refractivity contribution in [3.8, 4) is 6.07 Å². The van der Waals surface area contributed by atoms with E-state index < -0.39 is 16.4 Å². The Morgan fingerprint density at radius 1 is 1.17 bits per heavy atom. The molecule has 190 valence electrons. The summed E-state index contributed by atoms with van der Waals surface area (Å²) in [6.07, 6.45) is 3.84. The van der Waals surface area contributed by atoms with E-state index in [0.717, 1.165) is 24.0 Å². The zero-order valence-corrected chi connectivity index (χ0v) is 21.0. The smallest absolute Gasteiger partial charge is 0.269 e. The third-order valence-electron chi connectivity index (χ3n) is 7.18. The topological polar surface area (TPSA) is 116 Å². The quantitative estimate of drug-likeness (QED) is 0.274. The number of rotatable bonds is 11. The number of nitro benzene ring substituents is 1. The largest absolute Gasteiger partial charge is 0.350 e. The lowest BCUT2D eigenvalue weighted by atomic mass is 9.69. The van der Waals surface area contributed by atoms with Crippen LogP contribution < -0.4 is 5.32 Å². The number of non-ortho nitro benzene ring substituents is 1. The number of carbonyl (C=O) groups is 2. The van der Waals surface area contributed by atoms with E-state index in [1.807, 2.05) is 30.3 Å². The van der Waals surface area contributed by atoms with Crippen LogP contribution in [0.5, 0.6) is 0 Å². The molecule has 1 heterocycles. The third kappa shape index (κ3) is 6.28. The fourth-order valence-corrected chi connectivity index (χ4v) is 4.96. The second-order valence-corrected chi connectivity index (χ2v) is 9.70. The van der Waals surface area contributed by atoms with Crippen molar-refractivity contribution in [2.45, 2.75) is 70.4 Å². The van der Waals surface area contributed by atoms with Crippen LogP contribution >= 0.6 is 0 Å². The molecule has 8 heteroatoms. The van der Waals surface area contributed by atoms with E-state index in [2.05, 4.69) is 25.2 Å². The Morgan fingerprint density at radius 2 is 1.86 bits per heavy atom. The monoisotopic (exact) mass is 490 g/mol. The van der Waals surface area contributed by atoms with Gasteiger partial charge in [-0.25, -0.2) is 0 Å². The summed E-state index contributed by atoms with van der Waals surface area (Å²) in [6, 6.07) is 17.9. The van der Waals surface area contributed by atoms with Gasteiger partial charge in [-0.3, -0.25) is 19.7 Å². The summed E-state index contributed by atoms with van der Waals surface area (Å²) >= 11 is 0. The van der Waals surface area contributed by atoms with Crippen molar-refractivity contribution < 1.29 is 14.5 Å². The van der Waals surface area contributed by atoms with Crippen LogP contribution in [-0.2, 0) is 21.5 Å². The van der Waals surface area contributed by atoms with Crippen molar-refractivity contribution in [1.29, 1.82) is 5.26 Å². The molecule has 2 aromatic rings. The number of nitro groups is 1. The number of unbranched alkanes of at least 4 members (excludes halogenated alkanes) is 1. The van der Waals surface area contributed by atoms with E-state index in [-0.39, 0.29) is 30.0 Å². The molecule has 8 nitrogen and oxygen atoms in total. The Labute approximate surface area is 212 Å². The van der Waals surface area contributed by atoms with Gasteiger partial charge in [0.25, 0.3) is 5.69 Å². The van der Waals surface area contributed by atoms with E-state index in [0.29, 0.717) is 32.2 Å². The maximum absolute atomic E-state index is 13.0. The molecule has 0 unspecified atom stereocenters. The van der Waals surface area contributed by atoms with Gasteiger partial charge < -0.3 is 10.2 Å². The second kappa shape index (κ2) is 12.3. The SMILES string of the molecule is CC(C)[C@@](C#N)(CCCCC(=O)N1CCC[C@@H]1C(=O)NCc1ccc([N+](=O)[O-])cc1)c1ccccc1. The molecule has 2 aromatic carbocycles. The molecule has 2 atom stereocenters. The third-order valence-corrected chi connectivity index (χ3v) is 7.18. The molecule has 1 N–H and O–H groups in total. The summed E-state index contributed by atoms with van der Waals surface area (Å²) in [5.74, 6) is -0.0931. The standard InChI is InChI=1S/C28H34N4O4/c1-21(2)28(20-29,23-9-4-3-5-10-23)17-7-6-12-26(33)31-18-8-11-25(31)27(34)30-19-22-13-15-24(16-14-22)32(35)36/h3-5,9-10,13-16,21,25H,6-8,11-12,17-19H2,1-2H3,(H,30,34)/t25-,28+/m1/s1. The number of nitriles is 1. The molecule has 0 bridgehead atoms. The lowest BCUT2D eigenvalue weighted by Gasteiger charge is -2.31. The zero-order valence-electron chi connectivity index (χ0n) is 21.0. The fourth-order valence-electron chi connectivity index (χ4n) is 4.96. The first-order valence-corrected chi connectivity index (χ1v) is 12.6. The highest BCUT2D eigenvalue weighted by Crippen LogP contribution is 2.37. The highest BCUT2D eigenvalue weighted by molar-refractivity contribution is 5.88. The van der Waals surface area contributed by atoms with Gasteiger partial charge in [-0.1, -0.05) is 62.7 Å². The first-order valence-electron chi connectivity index (χ1n) is 12.6. The van der Waals surface area contributed by atoms with Crippen LogP contribution in [0.3, 0.4) is 0 Å². The summed E-state index contributed by atoms with van der Waals surface area (Å²) in [5.41, 5.74) is 1.19. The average molecular weight is 491 g/mol. The maximum atomic E-state index is 13.0. The predicted molar refractivity (Wildman–Crippen MR) is 137 cm³/mol. The van der Waals surface area contributed by atoms with E-state index in [9.17, 15) is 25.0 Å². The maximum Gasteiger partial charge on any atom is 0.269 e. The fraction of sp³-hybridized carbons (Fsp3) is 0.464. The van der Waals surface area contributed by atoms with Gasteiger partial charge >= 0.3 is 0 Å². The summed E-state index contributed by atoms with van der Waals surface area (Å²) < 4.78 is 0. The summed E-state index contributed by atoms with van der Waals surface area (Å²) in [5, 5.41) is 23.7. The Kier molecular flexibility index (Phi) is 9.18. The molecule has 3 rings (SSSR count). The van der Waals surface area contributed by atoms with Gasteiger partial charge in [0.1, 0.15) is 6.04 Å². The minimum atomic E-state index is -0.585. The van der Waals surface area contributed by atoms with Crippen molar-refractivity contribution in [2.24, 2.45) is 5.92 Å². The highest BCUT2D eigenvalue weighted by atomic mass is 16.6. The van der Waals surface area contributed by atoms with Gasteiger partial charge in [-0.15, -0.1) is 0 Å². The van der Waals surface area contributed by atoms with E-state index >= 15 is 0 Å². The van der Waals surface area contributed by atoms with Gasteiger partial charge in [0.05, 0.1) is 16.4 Å². The van der Waals surface area contributed by atoms with E-state index in [4.69, 9.17) is 0 Å². The molecule has 1 aliphatic heterocycles. The molecular weight excluding hydrogens is 456 g/mol. The summed E-state index contributed by atoms with van der Waals surface area (Å²) in [7, 11) is 0. The van der Waals surface area contributed by atoms with Crippen molar-refractivity contribution >= 4 is 17.5 Å². The number of amides is 2. The number of hydrogen-bond donors (Lipinski definition) is 1. The number of nitrogens with one attached hydrogen (secondary N) is 1. The van der Waals surface area contributed by atoms with E-state index in [1.54, 1.807) is 17.0 Å². The number of carbonyl (C=O) groups excluding carboxylic acids is 2. The minimum Gasteiger partial charge on any atom is -0.350 e. The molecule has 0 radical (unpaired) electrons. The van der Waals surface area contributed by atoms with Crippen molar-refractivity contribution in [1.82, 2.24) is 10.2 Å². The van der Waals surface area contributed by atoms with Crippen molar-refractivity contribution in [3.05, 3.63) is 75.8 Å². The van der Waals surface area contributed by atoms with Gasteiger partial charge in [-0.05, 0) is 42.7 Å². The first-order chi connectivity index (χ1) is 17.3. The lowest BCUT2D eigenvalue weighted by molar-refractivity contribution is -0.384. The number of likely N-dealkylation sites (tertiary alicyclic amines) is 1. The number of benzene rings is 2. The molecule has 0 aromatic heterocycles. The summed E-state index contributed by atoms with van der Waals surface area (Å²) in [6.45, 7) is 4.93. The number of hydrogen-bond acceptors (Lipinski definition) is 5. The van der Waals surface area contributed by atoms with Gasteiger partial charge in [0, 0.05) is 31.6 Å². The first kappa shape index (κ1) is 26.9. The Hall–Kier alpha value is -3.73. The Bertz CT molecular complexity index is 1090. The van der Waals surface area contributed by atoms with Crippen LogP contribution in [0.15, 0.2) is 54.6 Å². The van der Waals surface area contributed by atoms with Crippen LogP contribution in [-0.4, -0.2) is 34.2 Å². The van der Waals surface area contributed by atoms with Crippen LogP contribution in [0.2, 0.25) is 0 Å². The van der Waals surface area contributed by atoms with Crippen LogP contribution in [0, 0.1) is 27.4 Å². The molecule has 0 saturated carbocycles. The summed E-state index contributed by atoms with van der Waals surface area (Å²) in [4.78, 5) is 37.7. The number of nitrogens with zero attached hydrogens (tertiary/aromatic N) is 3. The molecule has 36 heavy (non-hydrogen) atoms. The van der Waals surface area contributed by atoms with Crippen molar-refractivity contribution in [2.75, 3.05) is 6.54 Å².